The maximum atomic E-state index is 15.7. The van der Waals surface area contributed by atoms with Gasteiger partial charge in [-0.1, -0.05) is 20.3 Å². The maximum absolute atomic E-state index is 15.7. The van der Waals surface area contributed by atoms with Crippen molar-refractivity contribution in [3.8, 4) is 22.8 Å². The van der Waals surface area contributed by atoms with E-state index in [1.165, 1.54) is 38.4 Å². The highest BCUT2D eigenvalue weighted by atomic mass is 19.1. The third kappa shape index (κ3) is 4.32. The van der Waals surface area contributed by atoms with Crippen molar-refractivity contribution in [1.29, 1.82) is 0 Å². The van der Waals surface area contributed by atoms with E-state index >= 15 is 4.39 Å². The topological polar surface area (TPSA) is 74.4 Å². The summed E-state index contributed by atoms with van der Waals surface area (Å²) in [4.78, 5) is 24.6. The molecule has 0 N–H and O–H groups in total. The summed E-state index contributed by atoms with van der Waals surface area (Å²) in [6.45, 7) is 8.43. The Labute approximate surface area is 221 Å². The highest BCUT2D eigenvalue weighted by Crippen LogP contribution is 2.44. The van der Waals surface area contributed by atoms with Gasteiger partial charge in [-0.05, 0) is 44.3 Å². The Morgan fingerprint density at radius 2 is 1.97 bits per heavy atom. The predicted molar refractivity (Wildman–Crippen MR) is 145 cm³/mol. The fraction of sp³-hybridized carbons (Fsp3) is 0.483. The van der Waals surface area contributed by atoms with Crippen molar-refractivity contribution >= 4 is 21.9 Å². The Morgan fingerprint density at radius 3 is 2.71 bits per heavy atom. The van der Waals surface area contributed by atoms with Gasteiger partial charge in [0.05, 0.1) is 46.8 Å². The van der Waals surface area contributed by atoms with Crippen molar-refractivity contribution in [2.24, 2.45) is 13.0 Å². The monoisotopic (exact) mass is 519 g/mol. The number of hydrogen-bond donors (Lipinski definition) is 0. The van der Waals surface area contributed by atoms with Crippen LogP contribution in [0.2, 0.25) is 0 Å². The second kappa shape index (κ2) is 10.0. The number of hydrogen-bond acceptors (Lipinski definition) is 6. The number of aromatic nitrogens is 4. The first-order chi connectivity index (χ1) is 18.4. The standard InChI is InChI=1S/C29H34FN5O3/c1-18(2)23-17-35-27-22(33(3)29(35)36)16-31-21-14-20(30)25(28(38-23)26(21)27)19-8-9-24(32-15-19)37-13-7-12-34-10-5-4-6-11-34/h8-9,14-16,18,23H,4-7,10-13,17H2,1-3H3. The van der Waals surface area contributed by atoms with Gasteiger partial charge in [0.2, 0.25) is 5.88 Å². The van der Waals surface area contributed by atoms with Gasteiger partial charge in [-0.2, -0.15) is 0 Å². The van der Waals surface area contributed by atoms with E-state index in [9.17, 15) is 4.79 Å². The summed E-state index contributed by atoms with van der Waals surface area (Å²) in [6, 6.07) is 5.01. The first-order valence-electron chi connectivity index (χ1n) is 13.6. The minimum absolute atomic E-state index is 0.101. The zero-order chi connectivity index (χ0) is 26.4. The molecule has 0 spiro atoms. The van der Waals surface area contributed by atoms with Crippen LogP contribution in [0.3, 0.4) is 0 Å². The lowest BCUT2D eigenvalue weighted by Crippen LogP contribution is -2.33. The van der Waals surface area contributed by atoms with Crippen molar-refractivity contribution in [1.82, 2.24) is 24.0 Å². The summed E-state index contributed by atoms with van der Waals surface area (Å²) < 4.78 is 31.4. The fourth-order valence-electron chi connectivity index (χ4n) is 5.70. The molecule has 8 nitrogen and oxygen atoms in total. The largest absolute Gasteiger partial charge is 0.487 e. The number of benzene rings is 1. The lowest BCUT2D eigenvalue weighted by molar-refractivity contribution is 0.137. The smallest absolute Gasteiger partial charge is 0.329 e. The minimum atomic E-state index is -0.439. The third-order valence-electron chi connectivity index (χ3n) is 7.88. The lowest BCUT2D eigenvalue weighted by Gasteiger charge is -2.26. The van der Waals surface area contributed by atoms with Crippen LogP contribution in [0.4, 0.5) is 4.39 Å². The lowest BCUT2D eigenvalue weighted by atomic mass is 10.0. The van der Waals surface area contributed by atoms with E-state index < -0.39 is 5.82 Å². The van der Waals surface area contributed by atoms with Gasteiger partial charge in [0.25, 0.3) is 0 Å². The van der Waals surface area contributed by atoms with E-state index in [2.05, 4.69) is 14.9 Å². The van der Waals surface area contributed by atoms with E-state index in [-0.39, 0.29) is 17.7 Å². The Kier molecular flexibility index (Phi) is 6.55. The van der Waals surface area contributed by atoms with Gasteiger partial charge >= 0.3 is 5.69 Å². The molecule has 0 saturated carbocycles. The molecule has 1 saturated heterocycles. The number of halogens is 1. The molecule has 1 atom stereocenters. The average Bonchev–Trinajstić information content (AvgIpc) is 3.05. The molecule has 0 amide bonds. The van der Waals surface area contributed by atoms with Crippen molar-refractivity contribution in [3.63, 3.8) is 0 Å². The van der Waals surface area contributed by atoms with Gasteiger partial charge in [0.1, 0.15) is 17.7 Å². The van der Waals surface area contributed by atoms with Crippen LogP contribution in [0.25, 0.3) is 33.1 Å². The van der Waals surface area contributed by atoms with Gasteiger partial charge in [-0.25, -0.2) is 14.2 Å². The predicted octanol–water partition coefficient (Wildman–Crippen LogP) is 4.76. The molecule has 4 aromatic rings. The van der Waals surface area contributed by atoms with E-state index in [0.717, 1.165) is 18.5 Å². The molecule has 0 radical (unpaired) electrons. The zero-order valence-corrected chi connectivity index (χ0v) is 22.2. The van der Waals surface area contributed by atoms with E-state index in [1.54, 1.807) is 34.6 Å². The second-order valence-electron chi connectivity index (χ2n) is 10.8. The zero-order valence-electron chi connectivity index (χ0n) is 22.2. The molecule has 1 unspecified atom stereocenters. The molecule has 6 rings (SSSR count). The first kappa shape index (κ1) is 24.9. The summed E-state index contributed by atoms with van der Waals surface area (Å²) in [6.07, 6.45) is 7.78. The van der Waals surface area contributed by atoms with Gasteiger partial charge in [0.15, 0.2) is 0 Å². The van der Waals surface area contributed by atoms with E-state index in [0.29, 0.717) is 52.3 Å². The van der Waals surface area contributed by atoms with Gasteiger partial charge in [-0.15, -0.1) is 0 Å². The Bertz CT molecular complexity index is 1540. The molecule has 3 aromatic heterocycles. The fourth-order valence-corrected chi connectivity index (χ4v) is 5.70. The van der Waals surface area contributed by atoms with Crippen LogP contribution >= 0.6 is 0 Å². The molecule has 200 valence electrons. The molecule has 1 aromatic carbocycles. The van der Waals surface area contributed by atoms with Crippen LogP contribution in [0.1, 0.15) is 39.5 Å². The van der Waals surface area contributed by atoms with Gasteiger partial charge in [-0.3, -0.25) is 14.1 Å². The summed E-state index contributed by atoms with van der Waals surface area (Å²) in [7, 11) is 1.74. The Balaban J connectivity index is 1.35. The Hall–Kier alpha value is -3.46. The number of imidazole rings is 1. The average molecular weight is 520 g/mol. The van der Waals surface area contributed by atoms with Crippen LogP contribution in [-0.2, 0) is 13.6 Å². The van der Waals surface area contributed by atoms with Gasteiger partial charge < -0.3 is 14.4 Å². The van der Waals surface area contributed by atoms with Crippen molar-refractivity contribution in [2.45, 2.75) is 52.2 Å². The SMILES string of the molecule is CC(C)C1Cn2c(=O)n(C)c3cnc4cc(F)c(-c5ccc(OCCCN6CCCCC6)nc5)c(c4c32)O1. The summed E-state index contributed by atoms with van der Waals surface area (Å²) in [5.41, 5.74) is 2.66. The summed E-state index contributed by atoms with van der Waals surface area (Å²) in [5, 5.41) is 0.651. The highest BCUT2D eigenvalue weighted by molar-refractivity contribution is 6.09. The van der Waals surface area contributed by atoms with Crippen LogP contribution in [0.15, 0.2) is 35.4 Å². The molecule has 38 heavy (non-hydrogen) atoms. The Morgan fingerprint density at radius 1 is 1.16 bits per heavy atom. The summed E-state index contributed by atoms with van der Waals surface area (Å²) >= 11 is 0. The minimum Gasteiger partial charge on any atom is -0.487 e. The number of piperidine rings is 1. The van der Waals surface area contributed by atoms with Crippen LogP contribution in [0, 0.1) is 11.7 Å². The van der Waals surface area contributed by atoms with Crippen molar-refractivity contribution < 1.29 is 13.9 Å². The molecule has 1 fully saturated rings. The molecule has 0 aliphatic carbocycles. The maximum Gasteiger partial charge on any atom is 0.329 e. The first-order valence-corrected chi connectivity index (χ1v) is 13.6. The van der Waals surface area contributed by atoms with Crippen LogP contribution in [-0.4, -0.2) is 56.3 Å². The van der Waals surface area contributed by atoms with Crippen molar-refractivity contribution in [2.75, 3.05) is 26.2 Å². The number of pyridine rings is 2. The quantitative estimate of drug-likeness (QED) is 0.328. The molecular formula is C29H34FN5O3. The number of ether oxygens (including phenoxy) is 2. The molecule has 2 aliphatic heterocycles. The van der Waals surface area contributed by atoms with Gasteiger partial charge in [0, 0.05) is 37.5 Å². The third-order valence-corrected chi connectivity index (χ3v) is 7.88. The number of aryl methyl sites for hydroxylation is 1. The van der Waals surface area contributed by atoms with E-state index in [1.807, 2.05) is 19.9 Å². The summed E-state index contributed by atoms with van der Waals surface area (Å²) in [5.74, 6) is 0.585. The molecular weight excluding hydrogens is 485 g/mol. The normalized spacial score (nSPS) is 17.9. The molecule has 2 aliphatic rings. The number of rotatable bonds is 7. The van der Waals surface area contributed by atoms with Crippen LogP contribution < -0.4 is 15.2 Å². The molecule has 0 bridgehead atoms. The van der Waals surface area contributed by atoms with E-state index in [4.69, 9.17) is 9.47 Å². The second-order valence-corrected chi connectivity index (χ2v) is 10.8. The number of likely N-dealkylation sites (tertiary alicyclic amines) is 1. The van der Waals surface area contributed by atoms with Crippen LogP contribution in [0.5, 0.6) is 11.6 Å². The number of nitrogens with zero attached hydrogens (tertiary/aromatic N) is 5. The highest BCUT2D eigenvalue weighted by Gasteiger charge is 2.30. The molecule has 9 heteroatoms. The molecule has 5 heterocycles. The van der Waals surface area contributed by atoms with Crippen molar-refractivity contribution in [3.05, 3.63) is 46.9 Å².